The molecule has 2 rings (SSSR count). The zero-order valence-electron chi connectivity index (χ0n) is 7.47. The van der Waals surface area contributed by atoms with E-state index in [0.717, 1.165) is 5.39 Å². The number of nitro groups is 1. The Labute approximate surface area is 79.6 Å². The molecule has 0 fully saturated rings. The van der Waals surface area contributed by atoms with Gasteiger partial charge in [-0.2, -0.15) is 0 Å². The Kier molecular flexibility index (Phi) is 1.85. The second-order valence-electron chi connectivity index (χ2n) is 2.92. The van der Waals surface area contributed by atoms with Gasteiger partial charge in [-0.15, -0.1) is 0 Å². The van der Waals surface area contributed by atoms with Crippen LogP contribution in [0.15, 0.2) is 24.4 Å². The van der Waals surface area contributed by atoms with Crippen LogP contribution >= 0.6 is 0 Å². The van der Waals surface area contributed by atoms with E-state index in [4.69, 9.17) is 0 Å². The van der Waals surface area contributed by atoms with Crippen LogP contribution in [0.3, 0.4) is 0 Å². The van der Waals surface area contributed by atoms with Gasteiger partial charge in [0.1, 0.15) is 5.82 Å². The molecule has 0 spiro atoms. The van der Waals surface area contributed by atoms with Gasteiger partial charge >= 0.3 is 0 Å². The van der Waals surface area contributed by atoms with Crippen molar-refractivity contribution in [1.82, 2.24) is 9.97 Å². The van der Waals surface area contributed by atoms with Crippen LogP contribution in [0.25, 0.3) is 10.9 Å². The summed E-state index contributed by atoms with van der Waals surface area (Å²) in [5.41, 5.74) is 0.655. The van der Waals surface area contributed by atoms with E-state index in [1.54, 1.807) is 19.2 Å². The molecule has 0 amide bonds. The third-order valence-corrected chi connectivity index (χ3v) is 1.90. The van der Waals surface area contributed by atoms with Crippen molar-refractivity contribution in [3.63, 3.8) is 0 Å². The zero-order valence-corrected chi connectivity index (χ0v) is 7.47. The standard InChI is InChI=1S/C9H7N3O2/c1-6-10-5-7-2-3-8(12(13)14)4-9(7)11-6/h2-5H,1H3. The monoisotopic (exact) mass is 189 g/mol. The van der Waals surface area contributed by atoms with E-state index in [2.05, 4.69) is 9.97 Å². The first-order valence-electron chi connectivity index (χ1n) is 4.04. The number of nitro benzene ring substituents is 1. The average molecular weight is 189 g/mol. The van der Waals surface area contributed by atoms with Gasteiger partial charge in [-0.05, 0) is 13.0 Å². The lowest BCUT2D eigenvalue weighted by Gasteiger charge is -1.97. The maximum absolute atomic E-state index is 10.5. The molecule has 2 aromatic rings. The Morgan fingerprint density at radius 2 is 2.21 bits per heavy atom. The highest BCUT2D eigenvalue weighted by Gasteiger charge is 2.06. The fraction of sp³-hybridized carbons (Fsp3) is 0.111. The second-order valence-corrected chi connectivity index (χ2v) is 2.92. The van der Waals surface area contributed by atoms with Crippen LogP contribution in [0, 0.1) is 17.0 Å². The molecular formula is C9H7N3O2. The lowest BCUT2D eigenvalue weighted by atomic mass is 10.2. The Bertz CT molecular complexity index is 510. The summed E-state index contributed by atoms with van der Waals surface area (Å²) in [6, 6.07) is 4.54. The molecule has 1 aromatic heterocycles. The van der Waals surface area contributed by atoms with E-state index < -0.39 is 4.92 Å². The minimum absolute atomic E-state index is 0.0515. The lowest BCUT2D eigenvalue weighted by molar-refractivity contribution is -0.384. The summed E-state index contributed by atoms with van der Waals surface area (Å²) in [5, 5.41) is 11.3. The number of hydrogen-bond acceptors (Lipinski definition) is 4. The molecule has 0 unspecified atom stereocenters. The molecule has 0 saturated carbocycles. The molecule has 1 heterocycles. The first-order chi connectivity index (χ1) is 6.66. The Hall–Kier alpha value is -2.04. The van der Waals surface area contributed by atoms with E-state index in [1.165, 1.54) is 12.1 Å². The van der Waals surface area contributed by atoms with Crippen molar-refractivity contribution in [3.8, 4) is 0 Å². The van der Waals surface area contributed by atoms with Crippen molar-refractivity contribution >= 4 is 16.6 Å². The third-order valence-electron chi connectivity index (χ3n) is 1.90. The summed E-state index contributed by atoms with van der Waals surface area (Å²) in [4.78, 5) is 18.2. The molecule has 0 saturated heterocycles. The predicted molar refractivity (Wildman–Crippen MR) is 50.9 cm³/mol. The summed E-state index contributed by atoms with van der Waals surface area (Å²) in [6.07, 6.45) is 1.65. The second kappa shape index (κ2) is 3.02. The quantitative estimate of drug-likeness (QED) is 0.507. The number of non-ortho nitro benzene ring substituents is 1. The molecule has 0 aliphatic heterocycles. The van der Waals surface area contributed by atoms with E-state index >= 15 is 0 Å². The summed E-state index contributed by atoms with van der Waals surface area (Å²) in [6.45, 7) is 1.75. The first kappa shape index (κ1) is 8.55. The predicted octanol–water partition coefficient (Wildman–Crippen LogP) is 1.85. The van der Waals surface area contributed by atoms with Crippen LogP contribution in [0.1, 0.15) is 5.82 Å². The first-order valence-corrected chi connectivity index (χ1v) is 4.04. The van der Waals surface area contributed by atoms with Gasteiger partial charge in [-0.25, -0.2) is 9.97 Å². The van der Waals surface area contributed by atoms with Gasteiger partial charge in [-0.3, -0.25) is 10.1 Å². The van der Waals surface area contributed by atoms with Crippen molar-refractivity contribution in [2.75, 3.05) is 0 Å². The molecule has 0 aliphatic rings. The van der Waals surface area contributed by atoms with Gasteiger partial charge in [0.25, 0.3) is 5.69 Å². The van der Waals surface area contributed by atoms with Crippen LogP contribution in [-0.2, 0) is 0 Å². The number of rotatable bonds is 1. The van der Waals surface area contributed by atoms with Crippen LogP contribution in [0.4, 0.5) is 5.69 Å². The van der Waals surface area contributed by atoms with Crippen molar-refractivity contribution in [3.05, 3.63) is 40.3 Å². The largest absolute Gasteiger partial charge is 0.271 e. The average Bonchev–Trinajstić information content (AvgIpc) is 2.16. The van der Waals surface area contributed by atoms with Crippen molar-refractivity contribution in [2.45, 2.75) is 6.92 Å². The molecule has 1 aromatic carbocycles. The normalized spacial score (nSPS) is 10.4. The van der Waals surface area contributed by atoms with E-state index in [-0.39, 0.29) is 5.69 Å². The topological polar surface area (TPSA) is 68.9 Å². The summed E-state index contributed by atoms with van der Waals surface area (Å²) >= 11 is 0. The highest BCUT2D eigenvalue weighted by molar-refractivity contribution is 5.79. The molecular weight excluding hydrogens is 182 g/mol. The maximum atomic E-state index is 10.5. The number of aromatic nitrogens is 2. The van der Waals surface area contributed by atoms with E-state index in [1.807, 2.05) is 0 Å². The van der Waals surface area contributed by atoms with Crippen LogP contribution < -0.4 is 0 Å². The summed E-state index contributed by atoms with van der Waals surface area (Å²) in [5.74, 6) is 0.609. The fourth-order valence-electron chi connectivity index (χ4n) is 1.22. The Morgan fingerprint density at radius 1 is 1.43 bits per heavy atom. The van der Waals surface area contributed by atoms with E-state index in [0.29, 0.717) is 11.3 Å². The molecule has 0 atom stereocenters. The maximum Gasteiger partial charge on any atom is 0.271 e. The molecule has 0 aliphatic carbocycles. The third kappa shape index (κ3) is 1.39. The SMILES string of the molecule is Cc1ncc2ccc([N+](=O)[O-])cc2n1. The highest BCUT2D eigenvalue weighted by Crippen LogP contribution is 2.18. The number of hydrogen-bond donors (Lipinski definition) is 0. The molecule has 14 heavy (non-hydrogen) atoms. The van der Waals surface area contributed by atoms with Crippen LogP contribution in [-0.4, -0.2) is 14.9 Å². The van der Waals surface area contributed by atoms with Gasteiger partial charge in [0.05, 0.1) is 10.4 Å². The zero-order chi connectivity index (χ0) is 10.1. The Balaban J connectivity index is 2.69. The van der Waals surface area contributed by atoms with Gasteiger partial charge in [0, 0.05) is 23.7 Å². The van der Waals surface area contributed by atoms with Gasteiger partial charge in [-0.1, -0.05) is 0 Å². The molecule has 5 nitrogen and oxygen atoms in total. The van der Waals surface area contributed by atoms with Gasteiger partial charge < -0.3 is 0 Å². The number of fused-ring (bicyclic) bond motifs is 1. The van der Waals surface area contributed by atoms with Gasteiger partial charge in [0.15, 0.2) is 0 Å². The molecule has 70 valence electrons. The van der Waals surface area contributed by atoms with Crippen LogP contribution in [0.5, 0.6) is 0 Å². The fourth-order valence-corrected chi connectivity index (χ4v) is 1.22. The number of benzene rings is 1. The molecule has 0 radical (unpaired) electrons. The van der Waals surface area contributed by atoms with Crippen molar-refractivity contribution in [1.29, 1.82) is 0 Å². The number of aryl methyl sites for hydroxylation is 1. The minimum Gasteiger partial charge on any atom is -0.258 e. The molecule has 0 N–H and O–H groups in total. The van der Waals surface area contributed by atoms with Crippen molar-refractivity contribution in [2.24, 2.45) is 0 Å². The summed E-state index contributed by atoms with van der Waals surface area (Å²) in [7, 11) is 0. The number of nitrogens with zero attached hydrogens (tertiary/aromatic N) is 3. The smallest absolute Gasteiger partial charge is 0.258 e. The minimum atomic E-state index is -0.434. The van der Waals surface area contributed by atoms with Crippen LogP contribution in [0.2, 0.25) is 0 Å². The highest BCUT2D eigenvalue weighted by atomic mass is 16.6. The van der Waals surface area contributed by atoms with E-state index in [9.17, 15) is 10.1 Å². The van der Waals surface area contributed by atoms with Gasteiger partial charge in [0.2, 0.25) is 0 Å². The van der Waals surface area contributed by atoms with Crippen molar-refractivity contribution < 1.29 is 4.92 Å². The lowest BCUT2D eigenvalue weighted by Crippen LogP contribution is -1.91. The Morgan fingerprint density at radius 3 is 2.93 bits per heavy atom. The molecule has 5 heteroatoms. The summed E-state index contributed by atoms with van der Waals surface area (Å²) < 4.78 is 0. The molecule has 0 bridgehead atoms.